The molecule has 0 bridgehead atoms. The molecule has 3 aromatic heterocycles. The molecule has 2 aromatic carbocycles. The molecule has 9 nitrogen and oxygen atoms in total. The highest BCUT2D eigenvalue weighted by Crippen LogP contribution is 2.14. The van der Waals surface area contributed by atoms with Crippen molar-refractivity contribution in [3.63, 3.8) is 0 Å². The van der Waals surface area contributed by atoms with Crippen molar-refractivity contribution in [2.75, 3.05) is 0 Å². The first-order valence-electron chi connectivity index (χ1n) is 10.3. The Morgan fingerprint density at radius 3 is 2.52 bits per heavy atom. The molecule has 0 aliphatic heterocycles. The van der Waals surface area contributed by atoms with E-state index in [1.54, 1.807) is 54.7 Å². The van der Waals surface area contributed by atoms with Gasteiger partial charge in [-0.3, -0.25) is 19.1 Å². The number of para-hydroxylation sites is 2. The van der Waals surface area contributed by atoms with Crippen molar-refractivity contribution in [2.45, 2.75) is 19.6 Å². The number of hydrogen-bond acceptors (Lipinski definition) is 6. The number of benzene rings is 2. The molecule has 0 spiro atoms. The predicted molar refractivity (Wildman–Crippen MR) is 122 cm³/mol. The van der Waals surface area contributed by atoms with Gasteiger partial charge in [-0.2, -0.15) is 5.10 Å². The molecule has 0 saturated heterocycles. The highest BCUT2D eigenvalue weighted by molar-refractivity contribution is 5.84. The number of fused-ring (bicyclic) bond motifs is 2. The lowest BCUT2D eigenvalue weighted by atomic mass is 10.1. The molecule has 0 unspecified atom stereocenters. The quantitative estimate of drug-likeness (QED) is 0.432. The topological polar surface area (TPSA) is 112 Å². The summed E-state index contributed by atoms with van der Waals surface area (Å²) in [6, 6.07) is 19.5. The molecule has 9 heteroatoms. The summed E-state index contributed by atoms with van der Waals surface area (Å²) in [4.78, 5) is 42.0. The van der Waals surface area contributed by atoms with Gasteiger partial charge >= 0.3 is 5.76 Å². The molecule has 164 valence electrons. The zero-order valence-corrected chi connectivity index (χ0v) is 17.5. The number of nitrogens with one attached hydrogen (secondary N) is 1. The standard InChI is InChI=1S/C24H19N5O4/c30-22(15-28-20-10-3-4-11-21(20)33-24(28)32)26-13-19-17-8-1-2-9-18(17)23(31)29(27-19)14-16-7-5-6-12-25-16/h1-12H,13-15H2,(H,26,30). The van der Waals surface area contributed by atoms with Crippen molar-refractivity contribution in [1.82, 2.24) is 24.6 Å². The van der Waals surface area contributed by atoms with Crippen LogP contribution in [0.3, 0.4) is 0 Å². The molecule has 1 amide bonds. The molecule has 5 rings (SSSR count). The number of aromatic nitrogens is 4. The van der Waals surface area contributed by atoms with Crippen molar-refractivity contribution in [1.29, 1.82) is 0 Å². The molecule has 33 heavy (non-hydrogen) atoms. The van der Waals surface area contributed by atoms with Crippen LogP contribution in [0.4, 0.5) is 0 Å². The molecule has 3 heterocycles. The Labute approximate surface area is 186 Å². The maximum absolute atomic E-state index is 12.9. The lowest BCUT2D eigenvalue weighted by Crippen LogP contribution is -2.32. The van der Waals surface area contributed by atoms with Gasteiger partial charge in [0.2, 0.25) is 5.91 Å². The molecule has 0 atom stereocenters. The van der Waals surface area contributed by atoms with E-state index in [0.717, 1.165) is 0 Å². The van der Waals surface area contributed by atoms with E-state index >= 15 is 0 Å². The molecule has 0 aliphatic rings. The third-order valence-electron chi connectivity index (χ3n) is 5.31. The van der Waals surface area contributed by atoms with Crippen LogP contribution in [0.5, 0.6) is 0 Å². The van der Waals surface area contributed by atoms with E-state index in [0.29, 0.717) is 33.3 Å². The van der Waals surface area contributed by atoms with Gasteiger partial charge in [-0.05, 0) is 30.3 Å². The molecule has 5 aromatic rings. The molecule has 0 saturated carbocycles. The van der Waals surface area contributed by atoms with Gasteiger partial charge in [0.05, 0.1) is 35.4 Å². The van der Waals surface area contributed by atoms with Gasteiger partial charge in [0, 0.05) is 11.6 Å². The zero-order valence-electron chi connectivity index (χ0n) is 17.5. The molecule has 1 N–H and O–H groups in total. The summed E-state index contributed by atoms with van der Waals surface area (Å²) in [6.07, 6.45) is 1.66. The number of oxazole rings is 1. The van der Waals surface area contributed by atoms with Crippen molar-refractivity contribution in [3.05, 3.63) is 105 Å². The van der Waals surface area contributed by atoms with Crippen LogP contribution < -0.4 is 16.6 Å². The smallest absolute Gasteiger partial charge is 0.408 e. The summed E-state index contributed by atoms with van der Waals surface area (Å²) in [5.41, 5.74) is 1.97. The average molecular weight is 441 g/mol. The fourth-order valence-electron chi connectivity index (χ4n) is 3.73. The van der Waals surface area contributed by atoms with E-state index in [-0.39, 0.29) is 31.1 Å². The largest absolute Gasteiger partial charge is 0.420 e. The molecular formula is C24H19N5O4. The van der Waals surface area contributed by atoms with Gasteiger partial charge in [0.1, 0.15) is 6.54 Å². The Kier molecular flexibility index (Phi) is 5.27. The highest BCUT2D eigenvalue weighted by Gasteiger charge is 2.15. The number of nitrogens with zero attached hydrogens (tertiary/aromatic N) is 4. The van der Waals surface area contributed by atoms with Crippen LogP contribution in [0.2, 0.25) is 0 Å². The van der Waals surface area contributed by atoms with E-state index in [1.807, 2.05) is 18.2 Å². The van der Waals surface area contributed by atoms with Crippen LogP contribution >= 0.6 is 0 Å². The van der Waals surface area contributed by atoms with E-state index in [2.05, 4.69) is 15.4 Å². The Hall–Kier alpha value is -4.53. The van der Waals surface area contributed by atoms with Gasteiger partial charge in [-0.1, -0.05) is 36.4 Å². The SMILES string of the molecule is O=C(Cn1c(=O)oc2ccccc21)NCc1nn(Cc2ccccn2)c(=O)c2ccccc12. The third kappa shape index (κ3) is 4.03. The van der Waals surface area contributed by atoms with Gasteiger partial charge in [-0.15, -0.1) is 0 Å². The third-order valence-corrected chi connectivity index (χ3v) is 5.31. The Morgan fingerprint density at radius 1 is 0.939 bits per heavy atom. The van der Waals surface area contributed by atoms with Crippen molar-refractivity contribution >= 4 is 27.8 Å². The zero-order chi connectivity index (χ0) is 22.8. The fourth-order valence-corrected chi connectivity index (χ4v) is 3.73. The molecular weight excluding hydrogens is 422 g/mol. The first kappa shape index (κ1) is 20.4. The first-order chi connectivity index (χ1) is 16.1. The monoisotopic (exact) mass is 441 g/mol. The van der Waals surface area contributed by atoms with Crippen LogP contribution in [-0.4, -0.2) is 25.2 Å². The second-order valence-corrected chi connectivity index (χ2v) is 7.47. The van der Waals surface area contributed by atoms with E-state index in [1.165, 1.54) is 9.25 Å². The van der Waals surface area contributed by atoms with Gasteiger partial charge < -0.3 is 9.73 Å². The summed E-state index contributed by atoms with van der Waals surface area (Å²) in [5, 5.41) is 8.46. The maximum atomic E-state index is 12.9. The summed E-state index contributed by atoms with van der Waals surface area (Å²) in [5.74, 6) is -0.976. The minimum Gasteiger partial charge on any atom is -0.408 e. The van der Waals surface area contributed by atoms with Crippen LogP contribution in [0.25, 0.3) is 21.9 Å². The van der Waals surface area contributed by atoms with Crippen LogP contribution in [0.15, 0.2) is 86.9 Å². The fraction of sp³-hybridized carbons (Fsp3) is 0.125. The number of amides is 1. The molecule has 0 aliphatic carbocycles. The van der Waals surface area contributed by atoms with E-state index in [9.17, 15) is 14.4 Å². The summed E-state index contributed by atoms with van der Waals surface area (Å²) in [7, 11) is 0. The Morgan fingerprint density at radius 2 is 1.70 bits per heavy atom. The predicted octanol–water partition coefficient (Wildman–Crippen LogP) is 2.06. The first-order valence-corrected chi connectivity index (χ1v) is 10.3. The summed E-state index contributed by atoms with van der Waals surface area (Å²) >= 11 is 0. The van der Waals surface area contributed by atoms with E-state index < -0.39 is 5.76 Å². The second kappa shape index (κ2) is 8.54. The summed E-state index contributed by atoms with van der Waals surface area (Å²) < 4.78 is 7.80. The number of rotatable bonds is 6. The molecule has 0 radical (unpaired) electrons. The molecule has 0 fully saturated rings. The van der Waals surface area contributed by atoms with Crippen molar-refractivity contribution < 1.29 is 9.21 Å². The normalized spacial score (nSPS) is 11.2. The van der Waals surface area contributed by atoms with E-state index in [4.69, 9.17) is 4.42 Å². The van der Waals surface area contributed by atoms with Crippen LogP contribution in [0, 0.1) is 0 Å². The lowest BCUT2D eigenvalue weighted by molar-refractivity contribution is -0.121. The maximum Gasteiger partial charge on any atom is 0.420 e. The number of carbonyl (C=O) groups excluding carboxylic acids is 1. The number of carbonyl (C=O) groups is 1. The van der Waals surface area contributed by atoms with Crippen molar-refractivity contribution in [3.8, 4) is 0 Å². The number of pyridine rings is 1. The minimum atomic E-state index is -0.598. The van der Waals surface area contributed by atoms with Gasteiger partial charge in [-0.25, -0.2) is 9.48 Å². The van der Waals surface area contributed by atoms with Crippen LogP contribution in [0.1, 0.15) is 11.4 Å². The van der Waals surface area contributed by atoms with Gasteiger partial charge in [0.25, 0.3) is 5.56 Å². The lowest BCUT2D eigenvalue weighted by Gasteiger charge is -2.12. The average Bonchev–Trinajstić information content (AvgIpc) is 3.15. The highest BCUT2D eigenvalue weighted by atomic mass is 16.4. The van der Waals surface area contributed by atoms with Crippen LogP contribution in [-0.2, 0) is 24.4 Å². The summed E-state index contributed by atoms with van der Waals surface area (Å²) in [6.45, 7) is 0.107. The number of hydrogen-bond donors (Lipinski definition) is 1. The Bertz CT molecular complexity index is 1580. The van der Waals surface area contributed by atoms with Gasteiger partial charge in [0.15, 0.2) is 5.58 Å². The second-order valence-electron chi connectivity index (χ2n) is 7.47. The minimum absolute atomic E-state index is 0.0897. The Balaban J connectivity index is 1.41. The van der Waals surface area contributed by atoms with Crippen molar-refractivity contribution in [2.24, 2.45) is 0 Å².